The number of aromatic nitrogens is 6. The number of anilines is 2. The van der Waals surface area contributed by atoms with Crippen molar-refractivity contribution in [3.63, 3.8) is 0 Å². The van der Waals surface area contributed by atoms with Crippen LogP contribution in [-0.2, 0) is 0 Å². The molecule has 0 atom stereocenters. The summed E-state index contributed by atoms with van der Waals surface area (Å²) in [5.74, 6) is 0.531. The molecule has 0 unspecified atom stereocenters. The molecule has 0 bridgehead atoms. The zero-order valence-electron chi connectivity index (χ0n) is 13.1. The minimum atomic E-state index is 0.531. The standard InChI is InChI=1S/C18H13N7/c1-2-7-13(8-3-1)19-18-20-17-16(11-6-12-24(17)22-18)25-15-10-5-4-9-14(15)21-23-25/h1-12H,(H,19,22). The van der Waals surface area contributed by atoms with Crippen molar-refractivity contribution in [3.05, 3.63) is 72.9 Å². The van der Waals surface area contributed by atoms with E-state index in [0.717, 1.165) is 22.4 Å². The van der Waals surface area contributed by atoms with E-state index in [9.17, 15) is 0 Å². The average molecular weight is 327 g/mol. The minimum absolute atomic E-state index is 0.531. The lowest BCUT2D eigenvalue weighted by molar-refractivity contribution is 0.818. The normalized spacial score (nSPS) is 11.2. The third-order valence-corrected chi connectivity index (χ3v) is 3.95. The molecule has 0 amide bonds. The Morgan fingerprint density at radius 3 is 2.60 bits per heavy atom. The molecule has 1 N–H and O–H groups in total. The average Bonchev–Trinajstić information content (AvgIpc) is 3.26. The van der Waals surface area contributed by atoms with E-state index in [2.05, 4.69) is 25.7 Å². The molecule has 0 fully saturated rings. The van der Waals surface area contributed by atoms with Gasteiger partial charge in [-0.25, -0.2) is 9.20 Å². The Balaban J connectivity index is 1.64. The van der Waals surface area contributed by atoms with Crippen LogP contribution in [0.25, 0.3) is 22.4 Å². The van der Waals surface area contributed by atoms with Crippen molar-refractivity contribution in [3.8, 4) is 5.69 Å². The van der Waals surface area contributed by atoms with Gasteiger partial charge in [0.05, 0.1) is 5.52 Å². The molecule has 120 valence electrons. The summed E-state index contributed by atoms with van der Waals surface area (Å²) >= 11 is 0. The summed E-state index contributed by atoms with van der Waals surface area (Å²) in [5, 5.41) is 16.2. The van der Waals surface area contributed by atoms with Crippen molar-refractivity contribution >= 4 is 28.3 Å². The van der Waals surface area contributed by atoms with Gasteiger partial charge < -0.3 is 5.32 Å². The third kappa shape index (κ3) is 2.29. The lowest BCUT2D eigenvalue weighted by Crippen LogP contribution is -2.00. The second-order valence-corrected chi connectivity index (χ2v) is 5.58. The van der Waals surface area contributed by atoms with Gasteiger partial charge in [0, 0.05) is 11.9 Å². The topological polar surface area (TPSA) is 72.9 Å². The second-order valence-electron chi connectivity index (χ2n) is 5.58. The molecule has 0 aliphatic carbocycles. The van der Waals surface area contributed by atoms with E-state index in [4.69, 9.17) is 0 Å². The number of rotatable bonds is 3. The zero-order chi connectivity index (χ0) is 16.6. The van der Waals surface area contributed by atoms with Gasteiger partial charge in [-0.05, 0) is 36.4 Å². The van der Waals surface area contributed by atoms with Crippen LogP contribution in [0.1, 0.15) is 0 Å². The molecule has 0 radical (unpaired) electrons. The number of hydrogen-bond acceptors (Lipinski definition) is 5. The van der Waals surface area contributed by atoms with Crippen LogP contribution >= 0.6 is 0 Å². The Bertz CT molecular complexity index is 1170. The van der Waals surface area contributed by atoms with Crippen molar-refractivity contribution in [2.45, 2.75) is 0 Å². The number of hydrogen-bond donors (Lipinski definition) is 1. The summed E-state index contributed by atoms with van der Waals surface area (Å²) in [6.07, 6.45) is 1.86. The lowest BCUT2D eigenvalue weighted by Gasteiger charge is -2.02. The van der Waals surface area contributed by atoms with Crippen LogP contribution in [0.4, 0.5) is 11.6 Å². The van der Waals surface area contributed by atoms with Crippen molar-refractivity contribution < 1.29 is 0 Å². The number of pyridine rings is 1. The molecule has 7 nitrogen and oxygen atoms in total. The summed E-state index contributed by atoms with van der Waals surface area (Å²) < 4.78 is 3.52. The molecule has 25 heavy (non-hydrogen) atoms. The van der Waals surface area contributed by atoms with E-state index in [0.29, 0.717) is 11.6 Å². The number of fused-ring (bicyclic) bond motifs is 2. The van der Waals surface area contributed by atoms with Crippen LogP contribution in [0.3, 0.4) is 0 Å². The molecule has 5 aromatic rings. The summed E-state index contributed by atoms with van der Waals surface area (Å²) in [6, 6.07) is 21.5. The molecule has 5 rings (SSSR count). The first-order chi connectivity index (χ1) is 12.4. The third-order valence-electron chi connectivity index (χ3n) is 3.95. The van der Waals surface area contributed by atoms with Gasteiger partial charge in [0.2, 0.25) is 5.95 Å². The highest BCUT2D eigenvalue weighted by Gasteiger charge is 2.13. The van der Waals surface area contributed by atoms with Gasteiger partial charge >= 0.3 is 0 Å². The predicted octanol–water partition coefficient (Wildman–Crippen LogP) is 3.21. The van der Waals surface area contributed by atoms with E-state index >= 15 is 0 Å². The highest BCUT2D eigenvalue weighted by atomic mass is 15.4. The van der Waals surface area contributed by atoms with E-state index in [1.54, 1.807) is 9.20 Å². The monoisotopic (exact) mass is 327 g/mol. The Hall–Kier alpha value is -3.74. The molecule has 3 heterocycles. The molecular formula is C18H13N7. The van der Waals surface area contributed by atoms with Crippen LogP contribution in [0, 0.1) is 0 Å². The Labute approximate surface area is 142 Å². The van der Waals surface area contributed by atoms with Gasteiger partial charge in [0.15, 0.2) is 5.65 Å². The fraction of sp³-hybridized carbons (Fsp3) is 0. The maximum absolute atomic E-state index is 4.62. The number of para-hydroxylation sites is 2. The van der Waals surface area contributed by atoms with Gasteiger partial charge in [-0.2, -0.15) is 4.98 Å². The Morgan fingerprint density at radius 1 is 0.840 bits per heavy atom. The first-order valence-electron chi connectivity index (χ1n) is 7.87. The highest BCUT2D eigenvalue weighted by molar-refractivity contribution is 5.78. The molecule has 0 saturated carbocycles. The van der Waals surface area contributed by atoms with Gasteiger partial charge in [-0.3, -0.25) is 0 Å². The van der Waals surface area contributed by atoms with E-state index < -0.39 is 0 Å². The van der Waals surface area contributed by atoms with E-state index in [1.165, 1.54) is 0 Å². The molecule has 2 aromatic carbocycles. The largest absolute Gasteiger partial charge is 0.323 e. The lowest BCUT2D eigenvalue weighted by atomic mass is 10.3. The van der Waals surface area contributed by atoms with Crippen LogP contribution in [-0.4, -0.2) is 29.6 Å². The van der Waals surface area contributed by atoms with Crippen LogP contribution in [0.15, 0.2) is 72.9 Å². The maximum Gasteiger partial charge on any atom is 0.247 e. The zero-order valence-corrected chi connectivity index (χ0v) is 13.1. The van der Waals surface area contributed by atoms with Crippen molar-refractivity contribution in [1.82, 2.24) is 29.6 Å². The SMILES string of the molecule is c1ccc(Nc2nc3c(-n4nnc5ccccc54)cccn3n2)cc1. The molecule has 3 aromatic heterocycles. The fourth-order valence-corrected chi connectivity index (χ4v) is 2.81. The Kier molecular flexibility index (Phi) is 2.96. The number of benzene rings is 2. The smallest absolute Gasteiger partial charge is 0.247 e. The molecule has 0 saturated heterocycles. The molecule has 0 aliphatic rings. The van der Waals surface area contributed by atoms with E-state index in [-0.39, 0.29) is 0 Å². The molecule has 7 heteroatoms. The summed E-state index contributed by atoms with van der Waals surface area (Å²) in [4.78, 5) is 4.62. The van der Waals surface area contributed by atoms with Crippen LogP contribution in [0.5, 0.6) is 0 Å². The Morgan fingerprint density at radius 2 is 1.68 bits per heavy atom. The number of nitrogens with zero attached hydrogens (tertiary/aromatic N) is 6. The van der Waals surface area contributed by atoms with Gasteiger partial charge in [0.25, 0.3) is 0 Å². The highest BCUT2D eigenvalue weighted by Crippen LogP contribution is 2.21. The number of nitrogens with one attached hydrogen (secondary N) is 1. The van der Waals surface area contributed by atoms with Gasteiger partial charge in [0.1, 0.15) is 11.2 Å². The molecule has 0 aliphatic heterocycles. The summed E-state index contributed by atoms with van der Waals surface area (Å²) in [6.45, 7) is 0. The summed E-state index contributed by atoms with van der Waals surface area (Å²) in [7, 11) is 0. The first-order valence-corrected chi connectivity index (χ1v) is 7.87. The van der Waals surface area contributed by atoms with Crippen molar-refractivity contribution in [2.75, 3.05) is 5.32 Å². The minimum Gasteiger partial charge on any atom is -0.323 e. The van der Waals surface area contributed by atoms with Crippen molar-refractivity contribution in [2.24, 2.45) is 0 Å². The van der Waals surface area contributed by atoms with Crippen molar-refractivity contribution in [1.29, 1.82) is 0 Å². The first kappa shape index (κ1) is 13.7. The van der Waals surface area contributed by atoms with Gasteiger partial charge in [-0.15, -0.1) is 10.2 Å². The fourth-order valence-electron chi connectivity index (χ4n) is 2.81. The van der Waals surface area contributed by atoms with Crippen LogP contribution < -0.4 is 5.32 Å². The molecule has 0 spiro atoms. The summed E-state index contributed by atoms with van der Waals surface area (Å²) in [5.41, 5.74) is 4.23. The van der Waals surface area contributed by atoms with E-state index in [1.807, 2.05) is 72.9 Å². The van der Waals surface area contributed by atoms with Crippen LogP contribution in [0.2, 0.25) is 0 Å². The molecular weight excluding hydrogens is 314 g/mol. The predicted molar refractivity (Wildman–Crippen MR) is 95.1 cm³/mol. The quantitative estimate of drug-likeness (QED) is 0.551. The second kappa shape index (κ2) is 5.41. The maximum atomic E-state index is 4.62. The van der Waals surface area contributed by atoms with Gasteiger partial charge in [-0.1, -0.05) is 35.5 Å².